The Morgan fingerprint density at radius 2 is 1.84 bits per heavy atom. The molecule has 0 aliphatic heterocycles. The van der Waals surface area contributed by atoms with Crippen molar-refractivity contribution in [3.05, 3.63) is 98.9 Å². The van der Waals surface area contributed by atoms with E-state index < -0.39 is 0 Å². The summed E-state index contributed by atoms with van der Waals surface area (Å²) in [5, 5.41) is 3.49. The molecule has 0 spiro atoms. The summed E-state index contributed by atoms with van der Waals surface area (Å²) in [6.07, 6.45) is 1.57. The summed E-state index contributed by atoms with van der Waals surface area (Å²) in [4.78, 5) is 24.5. The Bertz CT molecular complexity index is 962. The van der Waals surface area contributed by atoms with Crippen molar-refractivity contribution in [1.82, 2.24) is 4.57 Å². The van der Waals surface area contributed by atoms with E-state index in [-0.39, 0.29) is 11.5 Å². The maximum absolute atomic E-state index is 12.4. The van der Waals surface area contributed by atoms with E-state index in [2.05, 4.69) is 5.32 Å². The molecule has 1 heterocycles. The fourth-order valence-electron chi connectivity index (χ4n) is 2.50. The van der Waals surface area contributed by atoms with Crippen molar-refractivity contribution in [3.63, 3.8) is 0 Å². The van der Waals surface area contributed by atoms with Gasteiger partial charge in [-0.1, -0.05) is 35.9 Å². The number of hydrogen-bond donors (Lipinski definition) is 1. The molecule has 2 aromatic carbocycles. The molecule has 0 aliphatic carbocycles. The van der Waals surface area contributed by atoms with Gasteiger partial charge < -0.3 is 9.88 Å². The Hall–Kier alpha value is -2.85. The molecule has 4 nitrogen and oxygen atoms in total. The summed E-state index contributed by atoms with van der Waals surface area (Å²) < 4.78 is 1.51. The zero-order valence-electron chi connectivity index (χ0n) is 13.7. The molecule has 1 aromatic heterocycles. The summed E-state index contributed by atoms with van der Waals surface area (Å²) in [5.74, 6) is -0.254. The lowest BCUT2D eigenvalue weighted by molar-refractivity contribution is 0.102. The van der Waals surface area contributed by atoms with Crippen LogP contribution >= 0.6 is 11.6 Å². The van der Waals surface area contributed by atoms with Crippen LogP contribution in [0.15, 0.2) is 71.7 Å². The minimum atomic E-state index is -0.254. The molecule has 0 aliphatic rings. The highest BCUT2D eigenvalue weighted by atomic mass is 35.5. The number of hydrogen-bond acceptors (Lipinski definition) is 2. The van der Waals surface area contributed by atoms with Gasteiger partial charge in [0.25, 0.3) is 11.5 Å². The average molecular weight is 353 g/mol. The fourth-order valence-corrected chi connectivity index (χ4v) is 2.63. The molecule has 1 N–H and O–H groups in total. The second-order valence-electron chi connectivity index (χ2n) is 5.83. The van der Waals surface area contributed by atoms with Gasteiger partial charge in [0.2, 0.25) is 0 Å². The first-order valence-electron chi connectivity index (χ1n) is 7.84. The second kappa shape index (κ2) is 7.36. The number of aromatic nitrogens is 1. The van der Waals surface area contributed by atoms with Gasteiger partial charge in [-0.05, 0) is 48.4 Å². The molecule has 0 radical (unpaired) electrons. The lowest BCUT2D eigenvalue weighted by Gasteiger charge is -2.10. The maximum Gasteiger partial charge on any atom is 0.257 e. The van der Waals surface area contributed by atoms with Crippen molar-refractivity contribution < 1.29 is 4.79 Å². The predicted octanol–water partition coefficient (Wildman–Crippen LogP) is 4.11. The van der Waals surface area contributed by atoms with Gasteiger partial charge in [0, 0.05) is 23.0 Å². The highest BCUT2D eigenvalue weighted by molar-refractivity contribution is 6.30. The number of rotatable bonds is 4. The molecule has 5 heteroatoms. The Balaban J connectivity index is 1.82. The van der Waals surface area contributed by atoms with Gasteiger partial charge in [0.1, 0.15) is 0 Å². The van der Waals surface area contributed by atoms with E-state index in [0.717, 1.165) is 16.8 Å². The number of benzene rings is 2. The lowest BCUT2D eigenvalue weighted by Crippen LogP contribution is -2.22. The topological polar surface area (TPSA) is 51.1 Å². The number of halogens is 1. The van der Waals surface area contributed by atoms with E-state index >= 15 is 0 Å². The van der Waals surface area contributed by atoms with Crippen LogP contribution in [0, 0.1) is 6.92 Å². The van der Waals surface area contributed by atoms with Gasteiger partial charge in [-0.2, -0.15) is 0 Å². The highest BCUT2D eigenvalue weighted by Crippen LogP contribution is 2.12. The second-order valence-corrected chi connectivity index (χ2v) is 6.27. The Morgan fingerprint density at radius 1 is 1.08 bits per heavy atom. The van der Waals surface area contributed by atoms with Crippen molar-refractivity contribution in [2.75, 3.05) is 5.32 Å². The molecule has 25 heavy (non-hydrogen) atoms. The average Bonchev–Trinajstić information content (AvgIpc) is 2.59. The molecule has 1 amide bonds. The lowest BCUT2D eigenvalue weighted by atomic mass is 10.2. The van der Waals surface area contributed by atoms with Crippen molar-refractivity contribution >= 4 is 23.2 Å². The van der Waals surface area contributed by atoms with E-state index in [1.165, 1.54) is 16.7 Å². The van der Waals surface area contributed by atoms with Crippen LogP contribution in [0.2, 0.25) is 5.02 Å². The third-order valence-corrected chi connectivity index (χ3v) is 4.04. The molecular weight excluding hydrogens is 336 g/mol. The molecule has 0 atom stereocenters. The summed E-state index contributed by atoms with van der Waals surface area (Å²) in [6.45, 7) is 2.34. The fraction of sp³-hybridized carbons (Fsp3) is 0.100. The maximum atomic E-state index is 12.4. The molecule has 0 saturated heterocycles. The standard InChI is InChI=1S/C20H17ClN2O2/c1-14-3-2-4-18(11-14)22-20(25)16-7-10-19(24)23(13-16)12-15-5-8-17(21)9-6-15/h2-11,13H,12H2,1H3,(H,22,25). The van der Waals surface area contributed by atoms with Crippen LogP contribution in [0.4, 0.5) is 5.69 Å². The van der Waals surface area contributed by atoms with E-state index in [1.807, 2.05) is 43.3 Å². The van der Waals surface area contributed by atoms with Crippen LogP contribution in [0.25, 0.3) is 0 Å². The summed E-state index contributed by atoms with van der Waals surface area (Å²) >= 11 is 5.88. The van der Waals surface area contributed by atoms with Crippen molar-refractivity contribution in [2.45, 2.75) is 13.5 Å². The quantitative estimate of drug-likeness (QED) is 0.768. The first kappa shape index (κ1) is 17.0. The highest BCUT2D eigenvalue weighted by Gasteiger charge is 2.09. The molecular formula is C20H17ClN2O2. The third kappa shape index (κ3) is 4.37. The smallest absolute Gasteiger partial charge is 0.257 e. The van der Waals surface area contributed by atoms with E-state index in [1.54, 1.807) is 18.3 Å². The number of aryl methyl sites for hydroxylation is 1. The minimum Gasteiger partial charge on any atom is -0.322 e. The number of nitrogens with one attached hydrogen (secondary N) is 1. The first-order chi connectivity index (χ1) is 12.0. The van der Waals surface area contributed by atoms with Gasteiger partial charge in [-0.25, -0.2) is 0 Å². The predicted molar refractivity (Wildman–Crippen MR) is 100 cm³/mol. The Labute approximate surface area is 150 Å². The minimum absolute atomic E-state index is 0.165. The molecule has 3 rings (SSSR count). The largest absolute Gasteiger partial charge is 0.322 e. The Morgan fingerprint density at radius 3 is 2.56 bits per heavy atom. The number of carbonyl (C=O) groups is 1. The zero-order chi connectivity index (χ0) is 17.8. The van der Waals surface area contributed by atoms with Crippen molar-refractivity contribution in [1.29, 1.82) is 0 Å². The van der Waals surface area contributed by atoms with Gasteiger partial charge in [0.05, 0.1) is 12.1 Å². The van der Waals surface area contributed by atoms with Crippen LogP contribution in [0.3, 0.4) is 0 Å². The van der Waals surface area contributed by atoms with Crippen LogP contribution in [0.5, 0.6) is 0 Å². The molecule has 0 unspecified atom stereocenters. The molecule has 0 fully saturated rings. The van der Waals surface area contributed by atoms with E-state index in [9.17, 15) is 9.59 Å². The number of nitrogens with zero attached hydrogens (tertiary/aromatic N) is 1. The van der Waals surface area contributed by atoms with E-state index in [4.69, 9.17) is 11.6 Å². The summed E-state index contributed by atoms with van der Waals surface area (Å²) in [7, 11) is 0. The van der Waals surface area contributed by atoms with Crippen LogP contribution < -0.4 is 10.9 Å². The number of pyridine rings is 1. The third-order valence-electron chi connectivity index (χ3n) is 3.79. The summed E-state index contributed by atoms with van der Waals surface area (Å²) in [6, 6.07) is 17.8. The van der Waals surface area contributed by atoms with Gasteiger partial charge in [-0.3, -0.25) is 9.59 Å². The SMILES string of the molecule is Cc1cccc(NC(=O)c2ccc(=O)n(Cc3ccc(Cl)cc3)c2)c1. The van der Waals surface area contributed by atoms with Crippen LogP contribution in [0.1, 0.15) is 21.5 Å². The van der Waals surface area contributed by atoms with E-state index in [0.29, 0.717) is 17.1 Å². The molecule has 0 saturated carbocycles. The molecule has 126 valence electrons. The van der Waals surface area contributed by atoms with Gasteiger partial charge in [-0.15, -0.1) is 0 Å². The number of carbonyl (C=O) groups excluding carboxylic acids is 1. The number of amides is 1. The normalized spacial score (nSPS) is 10.5. The van der Waals surface area contributed by atoms with Crippen LogP contribution in [-0.4, -0.2) is 10.5 Å². The Kier molecular flexibility index (Phi) is 5.00. The monoisotopic (exact) mass is 352 g/mol. The van der Waals surface area contributed by atoms with Crippen molar-refractivity contribution in [3.8, 4) is 0 Å². The molecule has 0 bridgehead atoms. The number of anilines is 1. The first-order valence-corrected chi connectivity index (χ1v) is 8.22. The van der Waals surface area contributed by atoms with Gasteiger partial charge >= 0.3 is 0 Å². The van der Waals surface area contributed by atoms with Crippen LogP contribution in [-0.2, 0) is 6.54 Å². The summed E-state index contributed by atoms with van der Waals surface area (Å²) in [5.41, 5.74) is 2.98. The van der Waals surface area contributed by atoms with Gasteiger partial charge in [0.15, 0.2) is 0 Å². The van der Waals surface area contributed by atoms with Crippen molar-refractivity contribution in [2.24, 2.45) is 0 Å². The zero-order valence-corrected chi connectivity index (χ0v) is 14.5. The molecule has 3 aromatic rings.